The van der Waals surface area contributed by atoms with Gasteiger partial charge in [-0.15, -0.1) is 0 Å². The second-order valence-corrected chi connectivity index (χ2v) is 6.62. The molecule has 2 heterocycles. The minimum Gasteiger partial charge on any atom is -0.381 e. The molecule has 0 aromatic rings. The van der Waals surface area contributed by atoms with Crippen molar-refractivity contribution in [3.05, 3.63) is 0 Å². The van der Waals surface area contributed by atoms with Gasteiger partial charge in [-0.05, 0) is 53.4 Å². The molecule has 2 aliphatic heterocycles. The first kappa shape index (κ1) is 15.2. The molecule has 2 saturated heterocycles. The Hall–Kier alpha value is -0.160. The van der Waals surface area contributed by atoms with Crippen LogP contribution in [-0.4, -0.2) is 75.9 Å². The standard InChI is InChI=1S/C15H31N3O/c1-14-10-17(3)7-5-8-18(14)12-15(11-16-2)6-4-9-19-13-15/h14,16H,4-13H2,1-3H3. The van der Waals surface area contributed by atoms with Crippen molar-refractivity contribution in [2.24, 2.45) is 5.41 Å². The van der Waals surface area contributed by atoms with Gasteiger partial charge in [-0.3, -0.25) is 4.90 Å². The van der Waals surface area contributed by atoms with Crippen LogP contribution in [-0.2, 0) is 4.74 Å². The van der Waals surface area contributed by atoms with Gasteiger partial charge in [0.25, 0.3) is 0 Å². The molecule has 0 spiro atoms. The predicted octanol–water partition coefficient (Wildman–Crippen LogP) is 1.03. The maximum Gasteiger partial charge on any atom is 0.0546 e. The van der Waals surface area contributed by atoms with E-state index < -0.39 is 0 Å². The topological polar surface area (TPSA) is 27.7 Å². The van der Waals surface area contributed by atoms with Crippen LogP contribution in [0.15, 0.2) is 0 Å². The van der Waals surface area contributed by atoms with Crippen molar-refractivity contribution >= 4 is 0 Å². The largest absolute Gasteiger partial charge is 0.381 e. The van der Waals surface area contributed by atoms with Crippen molar-refractivity contribution in [2.45, 2.75) is 32.2 Å². The molecule has 2 unspecified atom stereocenters. The zero-order valence-electron chi connectivity index (χ0n) is 13.0. The first-order valence-corrected chi connectivity index (χ1v) is 7.80. The van der Waals surface area contributed by atoms with Crippen LogP contribution >= 0.6 is 0 Å². The van der Waals surface area contributed by atoms with Gasteiger partial charge in [-0.25, -0.2) is 0 Å². The molecule has 0 aromatic heterocycles. The zero-order chi connectivity index (χ0) is 13.7. The average Bonchev–Trinajstić information content (AvgIpc) is 2.53. The Morgan fingerprint density at radius 2 is 2.16 bits per heavy atom. The third-order valence-corrected chi connectivity index (χ3v) is 4.68. The van der Waals surface area contributed by atoms with E-state index in [4.69, 9.17) is 4.74 Å². The summed E-state index contributed by atoms with van der Waals surface area (Å²) in [5.41, 5.74) is 0.324. The van der Waals surface area contributed by atoms with Gasteiger partial charge < -0.3 is 15.0 Å². The van der Waals surface area contributed by atoms with E-state index in [-0.39, 0.29) is 0 Å². The van der Waals surface area contributed by atoms with Gasteiger partial charge in [-0.2, -0.15) is 0 Å². The minimum atomic E-state index is 0.324. The van der Waals surface area contributed by atoms with Crippen molar-refractivity contribution in [1.29, 1.82) is 0 Å². The number of likely N-dealkylation sites (N-methyl/N-ethyl adjacent to an activating group) is 1. The van der Waals surface area contributed by atoms with E-state index in [9.17, 15) is 0 Å². The lowest BCUT2D eigenvalue weighted by atomic mass is 9.81. The molecular formula is C15H31N3O. The molecule has 0 saturated carbocycles. The van der Waals surface area contributed by atoms with Crippen LogP contribution in [0.25, 0.3) is 0 Å². The van der Waals surface area contributed by atoms with Gasteiger partial charge in [0.1, 0.15) is 0 Å². The van der Waals surface area contributed by atoms with Gasteiger partial charge in [0.2, 0.25) is 0 Å². The van der Waals surface area contributed by atoms with Crippen LogP contribution in [0.3, 0.4) is 0 Å². The third-order valence-electron chi connectivity index (χ3n) is 4.68. The highest BCUT2D eigenvalue weighted by molar-refractivity contribution is 4.89. The quantitative estimate of drug-likeness (QED) is 0.825. The molecule has 2 rings (SSSR count). The summed E-state index contributed by atoms with van der Waals surface area (Å²) < 4.78 is 5.79. The van der Waals surface area contributed by atoms with E-state index in [1.54, 1.807) is 0 Å². The fourth-order valence-electron chi connectivity index (χ4n) is 3.69. The Kier molecular flexibility index (Phi) is 5.63. The lowest BCUT2D eigenvalue weighted by molar-refractivity contribution is -0.0304. The summed E-state index contributed by atoms with van der Waals surface area (Å²) in [6.07, 6.45) is 3.80. The predicted molar refractivity (Wildman–Crippen MR) is 79.6 cm³/mol. The van der Waals surface area contributed by atoms with Crippen molar-refractivity contribution in [1.82, 2.24) is 15.1 Å². The zero-order valence-corrected chi connectivity index (χ0v) is 13.0. The van der Waals surface area contributed by atoms with E-state index in [0.717, 1.165) is 19.8 Å². The number of hydrogen-bond donors (Lipinski definition) is 1. The molecule has 1 N–H and O–H groups in total. The van der Waals surface area contributed by atoms with Gasteiger partial charge in [0.15, 0.2) is 0 Å². The second kappa shape index (κ2) is 7.02. The summed E-state index contributed by atoms with van der Waals surface area (Å²) in [6, 6.07) is 0.656. The van der Waals surface area contributed by atoms with E-state index in [2.05, 4.69) is 36.1 Å². The molecule has 2 aliphatic rings. The number of nitrogens with one attached hydrogen (secondary N) is 1. The Morgan fingerprint density at radius 3 is 2.84 bits per heavy atom. The molecular weight excluding hydrogens is 238 g/mol. The van der Waals surface area contributed by atoms with Crippen molar-refractivity contribution < 1.29 is 4.74 Å². The Morgan fingerprint density at radius 1 is 1.32 bits per heavy atom. The summed E-state index contributed by atoms with van der Waals surface area (Å²) in [5, 5.41) is 3.39. The molecule has 4 heteroatoms. The molecule has 0 amide bonds. The van der Waals surface area contributed by atoms with E-state index in [1.807, 2.05) is 0 Å². The summed E-state index contributed by atoms with van der Waals surface area (Å²) in [7, 11) is 4.31. The van der Waals surface area contributed by atoms with Crippen LogP contribution < -0.4 is 5.32 Å². The number of nitrogens with zero attached hydrogens (tertiary/aromatic N) is 2. The van der Waals surface area contributed by atoms with E-state index in [1.165, 1.54) is 45.4 Å². The van der Waals surface area contributed by atoms with Gasteiger partial charge in [0.05, 0.1) is 6.61 Å². The molecule has 0 bridgehead atoms. The summed E-state index contributed by atoms with van der Waals surface area (Å²) in [5.74, 6) is 0. The van der Waals surface area contributed by atoms with Crippen molar-refractivity contribution in [2.75, 3.05) is 60.0 Å². The molecule has 2 fully saturated rings. The molecule has 0 aliphatic carbocycles. The first-order chi connectivity index (χ1) is 9.15. The van der Waals surface area contributed by atoms with E-state index >= 15 is 0 Å². The third kappa shape index (κ3) is 4.15. The number of hydrogen-bond acceptors (Lipinski definition) is 4. The van der Waals surface area contributed by atoms with E-state index in [0.29, 0.717) is 11.5 Å². The van der Waals surface area contributed by atoms with Gasteiger partial charge in [-0.1, -0.05) is 0 Å². The monoisotopic (exact) mass is 269 g/mol. The van der Waals surface area contributed by atoms with Gasteiger partial charge in [0, 0.05) is 37.7 Å². The Balaban J connectivity index is 1.98. The Labute approximate surface area is 118 Å². The second-order valence-electron chi connectivity index (χ2n) is 6.62. The number of rotatable bonds is 4. The summed E-state index contributed by atoms with van der Waals surface area (Å²) >= 11 is 0. The number of ether oxygens (including phenoxy) is 1. The minimum absolute atomic E-state index is 0.324. The SMILES string of the molecule is CNCC1(CN2CCCN(C)CC2C)CCCOC1. The first-order valence-electron chi connectivity index (χ1n) is 7.80. The van der Waals surface area contributed by atoms with Crippen LogP contribution in [0, 0.1) is 5.41 Å². The molecule has 4 nitrogen and oxygen atoms in total. The molecule has 2 atom stereocenters. The molecule has 0 radical (unpaired) electrons. The summed E-state index contributed by atoms with van der Waals surface area (Å²) in [6.45, 7) is 10.2. The van der Waals surface area contributed by atoms with Crippen LogP contribution in [0.2, 0.25) is 0 Å². The highest BCUT2D eigenvalue weighted by atomic mass is 16.5. The van der Waals surface area contributed by atoms with Crippen LogP contribution in [0.1, 0.15) is 26.2 Å². The fourth-order valence-corrected chi connectivity index (χ4v) is 3.69. The average molecular weight is 269 g/mol. The maximum absolute atomic E-state index is 5.79. The lowest BCUT2D eigenvalue weighted by Crippen LogP contribution is -2.51. The molecule has 112 valence electrons. The molecule has 0 aromatic carbocycles. The van der Waals surface area contributed by atoms with Gasteiger partial charge >= 0.3 is 0 Å². The Bertz CT molecular complexity index is 261. The van der Waals surface area contributed by atoms with Crippen LogP contribution in [0.4, 0.5) is 0 Å². The lowest BCUT2D eigenvalue weighted by Gasteiger charge is -2.42. The van der Waals surface area contributed by atoms with Crippen molar-refractivity contribution in [3.63, 3.8) is 0 Å². The van der Waals surface area contributed by atoms with Crippen molar-refractivity contribution in [3.8, 4) is 0 Å². The molecule has 19 heavy (non-hydrogen) atoms. The highest BCUT2D eigenvalue weighted by Crippen LogP contribution is 2.30. The highest BCUT2D eigenvalue weighted by Gasteiger charge is 2.35. The van der Waals surface area contributed by atoms with Crippen LogP contribution in [0.5, 0.6) is 0 Å². The smallest absolute Gasteiger partial charge is 0.0546 e. The fraction of sp³-hybridized carbons (Fsp3) is 1.00. The maximum atomic E-state index is 5.79. The normalized spacial score (nSPS) is 35.2. The summed E-state index contributed by atoms with van der Waals surface area (Å²) in [4.78, 5) is 5.16.